The Morgan fingerprint density at radius 1 is 1.28 bits per heavy atom. The molecule has 0 unspecified atom stereocenters. The number of benzene rings is 1. The third kappa shape index (κ3) is 6.68. The van der Waals surface area contributed by atoms with Crippen molar-refractivity contribution in [3.05, 3.63) is 53.1 Å². The lowest BCUT2D eigenvalue weighted by Crippen LogP contribution is -2.41. The quantitative estimate of drug-likeness (QED) is 0.500. The maximum absolute atomic E-state index is 12.1. The Bertz CT molecular complexity index is 816. The summed E-state index contributed by atoms with van der Waals surface area (Å²) in [5.74, 6) is 0.297. The number of carbonyl (C=O) groups is 1. The van der Waals surface area contributed by atoms with E-state index < -0.39 is 10.0 Å². The summed E-state index contributed by atoms with van der Waals surface area (Å²) in [7, 11) is -3.57. The zero-order valence-corrected chi connectivity index (χ0v) is 16.8. The molecule has 0 bridgehead atoms. The van der Waals surface area contributed by atoms with Gasteiger partial charge in [-0.1, -0.05) is 28.1 Å². The van der Waals surface area contributed by atoms with E-state index in [-0.39, 0.29) is 12.5 Å². The summed E-state index contributed by atoms with van der Waals surface area (Å²) in [5.41, 5.74) is 0.440. The number of sulfonamides is 1. The van der Waals surface area contributed by atoms with Crippen LogP contribution in [0.4, 0.5) is 5.69 Å². The van der Waals surface area contributed by atoms with Gasteiger partial charge in [-0.25, -0.2) is 13.4 Å². The third-order valence-electron chi connectivity index (χ3n) is 3.10. The first-order valence-electron chi connectivity index (χ1n) is 7.40. The Balaban J connectivity index is 1.89. The number of rotatable bonds is 8. The molecular formula is C16H18BrN3O3S2. The van der Waals surface area contributed by atoms with Crippen molar-refractivity contribution >= 4 is 49.3 Å². The van der Waals surface area contributed by atoms with Crippen LogP contribution < -0.4 is 9.62 Å². The molecule has 134 valence electrons. The minimum atomic E-state index is -3.57. The topological polar surface area (TPSA) is 79.4 Å². The van der Waals surface area contributed by atoms with Gasteiger partial charge >= 0.3 is 0 Å². The number of carbonyl (C=O) groups excluding carboxylic acids is 1. The average Bonchev–Trinajstić information content (AvgIpc) is 2.56. The van der Waals surface area contributed by atoms with E-state index in [1.807, 2.05) is 18.2 Å². The van der Waals surface area contributed by atoms with Crippen molar-refractivity contribution in [3.63, 3.8) is 0 Å². The van der Waals surface area contributed by atoms with Crippen LogP contribution in [0.2, 0.25) is 0 Å². The van der Waals surface area contributed by atoms with Crippen molar-refractivity contribution in [2.24, 2.45) is 0 Å². The van der Waals surface area contributed by atoms with Crippen molar-refractivity contribution in [3.8, 4) is 0 Å². The van der Waals surface area contributed by atoms with Crippen LogP contribution in [-0.2, 0) is 14.8 Å². The van der Waals surface area contributed by atoms with Gasteiger partial charge in [0, 0.05) is 23.0 Å². The summed E-state index contributed by atoms with van der Waals surface area (Å²) in [6.07, 6.45) is 2.79. The van der Waals surface area contributed by atoms with Gasteiger partial charge in [0.15, 0.2) is 0 Å². The van der Waals surface area contributed by atoms with E-state index in [1.54, 1.807) is 30.5 Å². The first kappa shape index (κ1) is 19.7. The van der Waals surface area contributed by atoms with Crippen molar-refractivity contribution in [1.29, 1.82) is 0 Å². The Kier molecular flexibility index (Phi) is 7.27. The molecule has 0 spiro atoms. The van der Waals surface area contributed by atoms with Gasteiger partial charge in [0.05, 0.1) is 17.0 Å². The van der Waals surface area contributed by atoms with Crippen LogP contribution in [0.5, 0.6) is 0 Å². The zero-order chi connectivity index (χ0) is 18.3. The normalized spacial score (nSPS) is 11.1. The van der Waals surface area contributed by atoms with Gasteiger partial charge in [-0.2, -0.15) is 0 Å². The average molecular weight is 444 g/mol. The molecule has 0 atom stereocenters. The molecule has 0 fully saturated rings. The van der Waals surface area contributed by atoms with E-state index in [4.69, 9.17) is 0 Å². The van der Waals surface area contributed by atoms with Crippen LogP contribution in [0.15, 0.2) is 58.2 Å². The molecule has 9 heteroatoms. The third-order valence-corrected chi connectivity index (χ3v) is 5.67. The number of halogens is 1. The second-order valence-electron chi connectivity index (χ2n) is 5.12. The number of nitrogens with zero attached hydrogens (tertiary/aromatic N) is 2. The largest absolute Gasteiger partial charge is 0.354 e. The maximum atomic E-state index is 12.1. The molecule has 0 radical (unpaired) electrons. The van der Waals surface area contributed by atoms with Gasteiger partial charge in [-0.05, 0) is 30.3 Å². The van der Waals surface area contributed by atoms with E-state index in [2.05, 4.69) is 26.2 Å². The van der Waals surface area contributed by atoms with Gasteiger partial charge in [0.25, 0.3) is 0 Å². The van der Waals surface area contributed by atoms with Gasteiger partial charge in [0.1, 0.15) is 6.54 Å². The number of aromatic nitrogens is 1. The summed E-state index contributed by atoms with van der Waals surface area (Å²) in [5, 5.41) is 3.61. The first-order chi connectivity index (χ1) is 11.9. The predicted octanol–water partition coefficient (Wildman–Crippen LogP) is 2.52. The molecule has 2 rings (SSSR count). The monoisotopic (exact) mass is 443 g/mol. The van der Waals surface area contributed by atoms with E-state index >= 15 is 0 Å². The molecule has 0 saturated heterocycles. The molecule has 6 nitrogen and oxygen atoms in total. The maximum Gasteiger partial charge on any atom is 0.240 e. The number of nitrogens with one attached hydrogen (secondary N) is 1. The number of hydrogen-bond donors (Lipinski definition) is 1. The predicted molar refractivity (Wildman–Crippen MR) is 104 cm³/mol. The highest BCUT2D eigenvalue weighted by Crippen LogP contribution is 2.21. The van der Waals surface area contributed by atoms with Crippen LogP contribution in [0.1, 0.15) is 0 Å². The van der Waals surface area contributed by atoms with E-state index in [0.29, 0.717) is 18.0 Å². The summed E-state index contributed by atoms with van der Waals surface area (Å²) >= 11 is 4.83. The Hall–Kier alpha value is -1.58. The molecule has 0 aliphatic heterocycles. The molecule has 1 N–H and O–H groups in total. The molecule has 25 heavy (non-hydrogen) atoms. The molecular weight excluding hydrogens is 426 g/mol. The fourth-order valence-corrected chi connectivity index (χ4v) is 3.96. The Morgan fingerprint density at radius 3 is 2.72 bits per heavy atom. The van der Waals surface area contributed by atoms with Crippen LogP contribution in [0.3, 0.4) is 0 Å². The summed E-state index contributed by atoms with van der Waals surface area (Å²) < 4.78 is 25.8. The lowest BCUT2D eigenvalue weighted by Gasteiger charge is -2.22. The number of thioether (sulfide) groups is 1. The smallest absolute Gasteiger partial charge is 0.240 e. The standard InChI is InChI=1S/C16H18BrN3O3S2/c1-25(22,23)20(14-6-4-5-13(17)11-14)12-15(21)18-9-10-24-16-7-2-3-8-19-16/h2-8,11H,9-10,12H2,1H3,(H,18,21). The number of amides is 1. The van der Waals surface area contributed by atoms with Crippen molar-refractivity contribution < 1.29 is 13.2 Å². The summed E-state index contributed by atoms with van der Waals surface area (Å²) in [6.45, 7) is 0.166. The van der Waals surface area contributed by atoms with Gasteiger partial charge in [-0.15, -0.1) is 11.8 Å². The van der Waals surface area contributed by atoms with Crippen LogP contribution >= 0.6 is 27.7 Å². The van der Waals surface area contributed by atoms with Crippen molar-refractivity contribution in [2.45, 2.75) is 5.03 Å². The van der Waals surface area contributed by atoms with Crippen LogP contribution in [-0.4, -0.2) is 44.4 Å². The zero-order valence-electron chi connectivity index (χ0n) is 13.6. The number of hydrogen-bond acceptors (Lipinski definition) is 5. The Labute approximate surface area is 160 Å². The Morgan fingerprint density at radius 2 is 2.08 bits per heavy atom. The fraction of sp³-hybridized carbons (Fsp3) is 0.250. The number of anilines is 1. The lowest BCUT2D eigenvalue weighted by molar-refractivity contribution is -0.119. The second kappa shape index (κ2) is 9.21. The van der Waals surface area contributed by atoms with Gasteiger partial charge < -0.3 is 5.32 Å². The highest BCUT2D eigenvalue weighted by Gasteiger charge is 2.20. The second-order valence-corrected chi connectivity index (χ2v) is 9.05. The minimum Gasteiger partial charge on any atom is -0.354 e. The van der Waals surface area contributed by atoms with Gasteiger partial charge in [-0.3, -0.25) is 9.10 Å². The molecule has 1 amide bonds. The molecule has 0 aliphatic rings. The molecule has 2 aromatic rings. The molecule has 1 heterocycles. The van der Waals surface area contributed by atoms with E-state index in [9.17, 15) is 13.2 Å². The fourth-order valence-electron chi connectivity index (χ4n) is 2.00. The molecule has 0 aliphatic carbocycles. The van der Waals surface area contributed by atoms with Crippen LogP contribution in [0, 0.1) is 0 Å². The van der Waals surface area contributed by atoms with Crippen molar-refractivity contribution in [2.75, 3.05) is 29.4 Å². The highest BCUT2D eigenvalue weighted by atomic mass is 79.9. The van der Waals surface area contributed by atoms with Crippen molar-refractivity contribution in [1.82, 2.24) is 10.3 Å². The highest BCUT2D eigenvalue weighted by molar-refractivity contribution is 9.10. The van der Waals surface area contributed by atoms with E-state index in [1.165, 1.54) is 11.8 Å². The molecule has 1 aromatic carbocycles. The number of pyridine rings is 1. The molecule has 1 aromatic heterocycles. The van der Waals surface area contributed by atoms with Gasteiger partial charge in [0.2, 0.25) is 15.9 Å². The minimum absolute atomic E-state index is 0.260. The summed E-state index contributed by atoms with van der Waals surface area (Å²) in [4.78, 5) is 16.3. The summed E-state index contributed by atoms with van der Waals surface area (Å²) in [6, 6.07) is 12.5. The first-order valence-corrected chi connectivity index (χ1v) is 11.0. The lowest BCUT2D eigenvalue weighted by atomic mass is 10.3. The molecule has 0 saturated carbocycles. The van der Waals surface area contributed by atoms with E-state index in [0.717, 1.165) is 20.1 Å². The van der Waals surface area contributed by atoms with Crippen LogP contribution in [0.25, 0.3) is 0 Å². The SMILES string of the molecule is CS(=O)(=O)N(CC(=O)NCCSc1ccccn1)c1cccc(Br)c1.